The van der Waals surface area contributed by atoms with Crippen molar-refractivity contribution in [2.75, 3.05) is 38.7 Å². The van der Waals surface area contributed by atoms with Crippen molar-refractivity contribution < 1.29 is 14.3 Å². The Morgan fingerprint density at radius 2 is 1.85 bits per heavy atom. The first kappa shape index (κ1) is 20.8. The van der Waals surface area contributed by atoms with Gasteiger partial charge >= 0.3 is 0 Å². The highest BCUT2D eigenvalue weighted by molar-refractivity contribution is 5.97. The molecule has 5 rings (SSSR count). The molecule has 33 heavy (non-hydrogen) atoms. The molecule has 1 N–H and O–H groups in total. The van der Waals surface area contributed by atoms with Gasteiger partial charge in [0, 0.05) is 47.6 Å². The minimum Gasteiger partial charge on any atom is -0.481 e. The second-order valence-electron chi connectivity index (χ2n) is 7.65. The van der Waals surface area contributed by atoms with Gasteiger partial charge in [0.15, 0.2) is 0 Å². The van der Waals surface area contributed by atoms with Crippen LogP contribution in [0, 0.1) is 0 Å². The number of anilines is 2. The Morgan fingerprint density at radius 1 is 1.00 bits per heavy atom. The van der Waals surface area contributed by atoms with E-state index < -0.39 is 0 Å². The normalized spacial score (nSPS) is 13.7. The molecular formula is C25H23N5O3. The molecule has 1 saturated heterocycles. The van der Waals surface area contributed by atoms with Crippen LogP contribution in [0.3, 0.4) is 0 Å². The van der Waals surface area contributed by atoms with Gasteiger partial charge in [-0.1, -0.05) is 12.1 Å². The maximum atomic E-state index is 12.9. The Kier molecular flexibility index (Phi) is 5.82. The van der Waals surface area contributed by atoms with Crippen molar-refractivity contribution in [1.29, 1.82) is 0 Å². The second-order valence-corrected chi connectivity index (χ2v) is 7.65. The number of hydrogen-bond acceptors (Lipinski definition) is 7. The third-order valence-electron chi connectivity index (χ3n) is 5.58. The molecule has 8 nitrogen and oxygen atoms in total. The summed E-state index contributed by atoms with van der Waals surface area (Å²) in [5, 5.41) is 4.23. The molecule has 3 heterocycles. The lowest BCUT2D eigenvalue weighted by Crippen LogP contribution is -2.40. The number of nitrogens with zero attached hydrogens (tertiary/aromatic N) is 4. The number of pyridine rings is 1. The molecule has 2 aromatic heterocycles. The zero-order chi connectivity index (χ0) is 22.6. The van der Waals surface area contributed by atoms with Crippen LogP contribution in [0.15, 0.2) is 67.1 Å². The van der Waals surface area contributed by atoms with Crippen LogP contribution in [0.4, 0.5) is 11.5 Å². The van der Waals surface area contributed by atoms with E-state index in [0.29, 0.717) is 43.6 Å². The van der Waals surface area contributed by atoms with Crippen LogP contribution in [-0.2, 0) is 4.74 Å². The molecule has 2 aromatic carbocycles. The number of nitrogens with one attached hydrogen (secondary N) is 1. The van der Waals surface area contributed by atoms with Crippen molar-refractivity contribution in [2.45, 2.75) is 0 Å². The lowest BCUT2D eigenvalue weighted by molar-refractivity contribution is 0.0303. The van der Waals surface area contributed by atoms with Crippen LogP contribution < -0.4 is 10.1 Å². The maximum Gasteiger partial charge on any atom is 0.254 e. The van der Waals surface area contributed by atoms with E-state index in [2.05, 4.69) is 20.3 Å². The number of methoxy groups -OCH3 is 1. The summed E-state index contributed by atoms with van der Waals surface area (Å²) >= 11 is 0. The molecule has 0 saturated carbocycles. The van der Waals surface area contributed by atoms with E-state index in [4.69, 9.17) is 9.47 Å². The Balaban J connectivity index is 1.44. The molecule has 0 aliphatic carbocycles. The molecule has 0 unspecified atom stereocenters. The molecule has 0 atom stereocenters. The molecule has 0 spiro atoms. The van der Waals surface area contributed by atoms with E-state index in [1.807, 2.05) is 59.5 Å². The average molecular weight is 441 g/mol. The number of amides is 1. The van der Waals surface area contributed by atoms with Crippen molar-refractivity contribution >= 4 is 28.3 Å². The Labute approximate surface area is 191 Å². The van der Waals surface area contributed by atoms with Gasteiger partial charge in [-0.15, -0.1) is 0 Å². The van der Waals surface area contributed by atoms with Crippen LogP contribution in [0.1, 0.15) is 10.4 Å². The first-order valence-electron chi connectivity index (χ1n) is 10.7. The van der Waals surface area contributed by atoms with Gasteiger partial charge in [0.25, 0.3) is 5.91 Å². The van der Waals surface area contributed by atoms with Crippen LogP contribution >= 0.6 is 0 Å². The number of aromatic nitrogens is 3. The summed E-state index contributed by atoms with van der Waals surface area (Å²) in [7, 11) is 1.59. The van der Waals surface area contributed by atoms with Crippen molar-refractivity contribution in [3.8, 4) is 17.0 Å². The van der Waals surface area contributed by atoms with E-state index in [1.165, 1.54) is 6.33 Å². The fourth-order valence-electron chi connectivity index (χ4n) is 3.82. The minimum absolute atomic E-state index is 0.00351. The largest absolute Gasteiger partial charge is 0.481 e. The van der Waals surface area contributed by atoms with Crippen LogP contribution in [-0.4, -0.2) is 59.2 Å². The zero-order valence-electron chi connectivity index (χ0n) is 18.2. The number of rotatable bonds is 5. The fraction of sp³-hybridized carbons (Fsp3) is 0.200. The molecule has 0 bridgehead atoms. The summed E-state index contributed by atoms with van der Waals surface area (Å²) in [4.78, 5) is 27.8. The fourth-order valence-corrected chi connectivity index (χ4v) is 3.82. The lowest BCUT2D eigenvalue weighted by Gasteiger charge is -2.27. The molecule has 1 amide bonds. The minimum atomic E-state index is 0.00351. The lowest BCUT2D eigenvalue weighted by atomic mass is 10.1. The monoisotopic (exact) mass is 441 g/mol. The number of benzene rings is 2. The molecule has 1 fully saturated rings. The number of hydrogen-bond donors (Lipinski definition) is 1. The summed E-state index contributed by atoms with van der Waals surface area (Å²) in [5.41, 5.74) is 4.19. The van der Waals surface area contributed by atoms with E-state index in [9.17, 15) is 4.79 Å². The standard InChI is InChI=1S/C25H23N5O3/c1-32-23-8-6-19(15-26-23)17-5-7-22-21(14-17)24(28-16-27-22)29-20-4-2-3-18(13-20)25(31)30-9-11-33-12-10-30/h2-8,13-16H,9-12H2,1H3,(H,27,28,29). The highest BCUT2D eigenvalue weighted by Gasteiger charge is 2.18. The molecule has 1 aliphatic heterocycles. The predicted octanol–water partition coefficient (Wildman–Crippen LogP) is 3.92. The molecule has 166 valence electrons. The van der Waals surface area contributed by atoms with Gasteiger partial charge in [-0.25, -0.2) is 15.0 Å². The third kappa shape index (κ3) is 4.47. The van der Waals surface area contributed by atoms with Gasteiger partial charge < -0.3 is 19.7 Å². The maximum absolute atomic E-state index is 12.9. The van der Waals surface area contributed by atoms with E-state index in [0.717, 1.165) is 27.7 Å². The zero-order valence-corrected chi connectivity index (χ0v) is 18.2. The molecule has 0 radical (unpaired) electrons. The molecule has 8 heteroatoms. The van der Waals surface area contributed by atoms with Crippen molar-refractivity contribution in [3.63, 3.8) is 0 Å². The Bertz CT molecular complexity index is 1290. The topological polar surface area (TPSA) is 89.5 Å². The average Bonchev–Trinajstić information content (AvgIpc) is 2.89. The van der Waals surface area contributed by atoms with Gasteiger partial charge in [-0.3, -0.25) is 4.79 Å². The second kappa shape index (κ2) is 9.22. The predicted molar refractivity (Wildman–Crippen MR) is 126 cm³/mol. The van der Waals surface area contributed by atoms with Gasteiger partial charge in [-0.2, -0.15) is 0 Å². The van der Waals surface area contributed by atoms with Crippen LogP contribution in [0.5, 0.6) is 5.88 Å². The van der Waals surface area contributed by atoms with Crippen molar-refractivity contribution in [2.24, 2.45) is 0 Å². The van der Waals surface area contributed by atoms with Gasteiger partial charge in [0.1, 0.15) is 12.1 Å². The third-order valence-corrected chi connectivity index (χ3v) is 5.58. The number of morpholine rings is 1. The van der Waals surface area contributed by atoms with Gasteiger partial charge in [0.05, 0.1) is 25.8 Å². The summed E-state index contributed by atoms with van der Waals surface area (Å²) in [6.45, 7) is 2.36. The summed E-state index contributed by atoms with van der Waals surface area (Å²) in [6, 6.07) is 17.3. The quantitative estimate of drug-likeness (QED) is 0.502. The van der Waals surface area contributed by atoms with Crippen molar-refractivity contribution in [3.05, 3.63) is 72.7 Å². The van der Waals surface area contributed by atoms with Crippen LogP contribution in [0.2, 0.25) is 0 Å². The van der Waals surface area contributed by atoms with Crippen molar-refractivity contribution in [1.82, 2.24) is 19.9 Å². The van der Waals surface area contributed by atoms with E-state index >= 15 is 0 Å². The van der Waals surface area contributed by atoms with E-state index in [-0.39, 0.29) is 5.91 Å². The highest BCUT2D eigenvalue weighted by Crippen LogP contribution is 2.29. The SMILES string of the molecule is COc1ccc(-c2ccc3ncnc(Nc4cccc(C(=O)N5CCOCC5)c4)c3c2)cn1. The smallest absolute Gasteiger partial charge is 0.254 e. The summed E-state index contributed by atoms with van der Waals surface area (Å²) < 4.78 is 10.5. The van der Waals surface area contributed by atoms with Gasteiger partial charge in [-0.05, 0) is 42.0 Å². The number of carbonyl (C=O) groups is 1. The molecule has 1 aliphatic rings. The van der Waals surface area contributed by atoms with E-state index in [1.54, 1.807) is 13.3 Å². The van der Waals surface area contributed by atoms with Crippen LogP contribution in [0.25, 0.3) is 22.0 Å². The first-order chi connectivity index (χ1) is 16.2. The number of fused-ring (bicyclic) bond motifs is 1. The number of ether oxygens (including phenoxy) is 2. The number of carbonyl (C=O) groups excluding carboxylic acids is 1. The summed E-state index contributed by atoms with van der Waals surface area (Å²) in [5.74, 6) is 1.24. The molecular weight excluding hydrogens is 418 g/mol. The molecule has 4 aromatic rings. The first-order valence-corrected chi connectivity index (χ1v) is 10.7. The Morgan fingerprint density at radius 3 is 2.64 bits per heavy atom. The summed E-state index contributed by atoms with van der Waals surface area (Å²) in [6.07, 6.45) is 3.31. The highest BCUT2D eigenvalue weighted by atomic mass is 16.5. The Hall–Kier alpha value is -4.04. The van der Waals surface area contributed by atoms with Gasteiger partial charge in [0.2, 0.25) is 5.88 Å².